The summed E-state index contributed by atoms with van der Waals surface area (Å²) < 4.78 is 44.2. The number of benzene rings is 2. The molecule has 2 aliphatic heterocycles. The third kappa shape index (κ3) is 7.93. The van der Waals surface area contributed by atoms with Crippen molar-refractivity contribution < 1.29 is 87.7 Å². The summed E-state index contributed by atoms with van der Waals surface area (Å²) in [7, 11) is 0. The maximum atomic E-state index is 13.7. The van der Waals surface area contributed by atoms with E-state index in [9.17, 15) is 54.9 Å². The van der Waals surface area contributed by atoms with Gasteiger partial charge < -0.3 is 73.3 Å². The first kappa shape index (κ1) is 37.1. The number of hydrogen-bond acceptors (Lipinski definition) is 19. The van der Waals surface area contributed by atoms with Crippen molar-refractivity contribution in [2.24, 2.45) is 0 Å². The Morgan fingerprint density at radius 3 is 2.04 bits per heavy atom. The van der Waals surface area contributed by atoms with Gasteiger partial charge in [0.25, 0.3) is 0 Å². The fourth-order valence-corrected chi connectivity index (χ4v) is 5.50. The van der Waals surface area contributed by atoms with E-state index in [1.54, 1.807) is 0 Å². The Bertz CT molecular complexity index is 1850. The normalized spacial score (nSPS) is 27.5. The highest BCUT2D eigenvalue weighted by atomic mass is 16.8. The molecule has 2 aromatic carbocycles. The Kier molecular flexibility index (Phi) is 10.9. The zero-order valence-corrected chi connectivity index (χ0v) is 27.0. The minimum atomic E-state index is -2.03. The molecule has 2 fully saturated rings. The Balaban J connectivity index is 1.44. The van der Waals surface area contributed by atoms with Crippen LogP contribution in [0, 0.1) is 0 Å². The van der Waals surface area contributed by atoms with Crippen molar-refractivity contribution in [1.82, 2.24) is 0 Å². The molecule has 0 spiro atoms. The first-order chi connectivity index (χ1) is 24.0. The molecule has 0 aliphatic carbocycles. The number of phenolic OH excluding ortho intramolecular Hbond substituents is 4. The van der Waals surface area contributed by atoms with Crippen molar-refractivity contribution >= 4 is 28.9 Å². The van der Waals surface area contributed by atoms with Crippen LogP contribution in [0.1, 0.15) is 20.8 Å². The molecule has 19 nitrogen and oxygen atoms in total. The molecular formula is C32H34O19. The summed E-state index contributed by atoms with van der Waals surface area (Å²) in [6, 6.07) is 5.16. The highest BCUT2D eigenvalue weighted by Crippen LogP contribution is 2.39. The number of carbonyl (C=O) groups excluding carboxylic acids is 3. The summed E-state index contributed by atoms with van der Waals surface area (Å²) in [4.78, 5) is 48.9. The molecule has 1 aromatic heterocycles. The molecule has 5 rings (SSSR count). The number of phenols is 4. The van der Waals surface area contributed by atoms with Gasteiger partial charge in [0.1, 0.15) is 59.6 Å². The van der Waals surface area contributed by atoms with Gasteiger partial charge in [0, 0.05) is 38.5 Å². The van der Waals surface area contributed by atoms with Gasteiger partial charge in [0.2, 0.25) is 17.5 Å². The summed E-state index contributed by atoms with van der Waals surface area (Å²) in [5.41, 5.74) is -1.44. The Labute approximate surface area is 286 Å². The van der Waals surface area contributed by atoms with E-state index in [0.29, 0.717) is 0 Å². The lowest BCUT2D eigenvalue weighted by Crippen LogP contribution is -2.60. The molecule has 19 heteroatoms. The summed E-state index contributed by atoms with van der Waals surface area (Å²) in [6.45, 7) is 2.16. The van der Waals surface area contributed by atoms with Crippen LogP contribution < -0.4 is 10.2 Å². The topological polar surface area (TPSA) is 288 Å². The molecule has 0 bridgehead atoms. The van der Waals surface area contributed by atoms with Crippen LogP contribution in [-0.2, 0) is 42.8 Å². The molecule has 2 saturated heterocycles. The molecule has 3 aromatic rings. The SMILES string of the molecule is CC(=O)OC[C@@H]1O[C@@H](OC[C@H]2O[C@@H](Oc3c(-c4ccc(O)c(O)c4)oc4cc(O)cc(O)c4c3=O)[C@H](O)[C@@H](O)[C@@H]2O)[C@H](OC(C)=O)[C@H]1OC(C)=O. The molecule has 2 aliphatic rings. The highest BCUT2D eigenvalue weighted by Gasteiger charge is 2.52. The maximum absolute atomic E-state index is 13.7. The monoisotopic (exact) mass is 722 g/mol. The number of aliphatic hydroxyl groups is 3. The number of rotatable bonds is 10. The van der Waals surface area contributed by atoms with E-state index in [2.05, 4.69) is 0 Å². The van der Waals surface area contributed by atoms with Gasteiger partial charge in [-0.05, 0) is 18.2 Å². The highest BCUT2D eigenvalue weighted by molar-refractivity contribution is 5.88. The van der Waals surface area contributed by atoms with Crippen molar-refractivity contribution in [3.63, 3.8) is 0 Å². The van der Waals surface area contributed by atoms with Crippen LogP contribution in [0.3, 0.4) is 0 Å². The van der Waals surface area contributed by atoms with E-state index >= 15 is 0 Å². The van der Waals surface area contributed by atoms with Gasteiger partial charge in [0.15, 0.2) is 35.8 Å². The quantitative estimate of drug-likeness (QED) is 0.0798. The van der Waals surface area contributed by atoms with Crippen LogP contribution in [0.15, 0.2) is 39.5 Å². The number of aromatic hydroxyl groups is 4. The average molecular weight is 723 g/mol. The van der Waals surface area contributed by atoms with Gasteiger partial charge >= 0.3 is 17.9 Å². The van der Waals surface area contributed by atoms with Crippen molar-refractivity contribution in [3.05, 3.63) is 40.6 Å². The molecule has 0 saturated carbocycles. The number of ether oxygens (including phenoxy) is 7. The lowest BCUT2D eigenvalue weighted by Gasteiger charge is -2.40. The largest absolute Gasteiger partial charge is 0.508 e. The lowest BCUT2D eigenvalue weighted by molar-refractivity contribution is -0.290. The molecule has 51 heavy (non-hydrogen) atoms. The maximum Gasteiger partial charge on any atom is 0.303 e. The van der Waals surface area contributed by atoms with Crippen LogP contribution in [0.2, 0.25) is 0 Å². The van der Waals surface area contributed by atoms with Crippen molar-refractivity contribution in [1.29, 1.82) is 0 Å². The fraction of sp³-hybridized carbons (Fsp3) is 0.438. The van der Waals surface area contributed by atoms with Gasteiger partial charge in [-0.2, -0.15) is 0 Å². The Morgan fingerprint density at radius 1 is 0.725 bits per heavy atom. The summed E-state index contributed by atoms with van der Waals surface area (Å²) in [5.74, 6) is -5.80. The van der Waals surface area contributed by atoms with Crippen molar-refractivity contribution in [3.8, 4) is 40.1 Å². The van der Waals surface area contributed by atoms with Gasteiger partial charge in [0.05, 0.1) is 6.61 Å². The minimum Gasteiger partial charge on any atom is -0.508 e. The minimum absolute atomic E-state index is 0.0616. The predicted octanol–water partition coefficient (Wildman–Crippen LogP) is -0.363. The summed E-state index contributed by atoms with van der Waals surface area (Å²) in [6.07, 6.45) is -14.8. The Morgan fingerprint density at radius 2 is 1.39 bits per heavy atom. The first-order valence-corrected chi connectivity index (χ1v) is 15.2. The second-order valence-corrected chi connectivity index (χ2v) is 11.6. The summed E-state index contributed by atoms with van der Waals surface area (Å²) in [5, 5.41) is 72.3. The van der Waals surface area contributed by atoms with Crippen LogP contribution >= 0.6 is 0 Å². The number of carbonyl (C=O) groups is 3. The molecule has 0 radical (unpaired) electrons. The second-order valence-electron chi connectivity index (χ2n) is 11.6. The smallest absolute Gasteiger partial charge is 0.303 e. The van der Waals surface area contributed by atoms with Gasteiger partial charge in [-0.3, -0.25) is 19.2 Å². The lowest BCUT2D eigenvalue weighted by atomic mass is 9.99. The van der Waals surface area contributed by atoms with Gasteiger partial charge in [-0.15, -0.1) is 0 Å². The third-order valence-electron chi connectivity index (χ3n) is 7.80. The Hall–Kier alpha value is -5.18. The predicted molar refractivity (Wildman–Crippen MR) is 164 cm³/mol. The molecule has 276 valence electrons. The van der Waals surface area contributed by atoms with E-state index in [-0.39, 0.29) is 11.1 Å². The first-order valence-electron chi connectivity index (χ1n) is 15.2. The zero-order chi connectivity index (χ0) is 37.3. The van der Waals surface area contributed by atoms with Crippen molar-refractivity contribution in [2.45, 2.75) is 76.1 Å². The standard InChI is InChI=1S/C32H34O19/c1-11(33)44-10-21-28(46-12(2)34)30(47-13(3)35)32(50-21)45-9-20-23(40)25(42)26(43)31(49-20)51-29-24(41)22-18(39)7-15(36)8-19(22)48-27(29)14-4-5-16(37)17(38)6-14/h4-8,20-21,23,25-26,28,30-32,36-40,42-43H,9-10H2,1-3H3/t20-,21+,23-,25+,26-,28+,30-,31+,32-/m1/s1. The zero-order valence-electron chi connectivity index (χ0n) is 27.0. The van der Waals surface area contributed by atoms with Crippen LogP contribution in [0.25, 0.3) is 22.3 Å². The van der Waals surface area contributed by atoms with E-state index in [0.717, 1.165) is 45.0 Å². The van der Waals surface area contributed by atoms with Gasteiger partial charge in [-0.1, -0.05) is 0 Å². The van der Waals surface area contributed by atoms with Crippen LogP contribution in [0.5, 0.6) is 28.7 Å². The van der Waals surface area contributed by atoms with Crippen LogP contribution in [0.4, 0.5) is 0 Å². The molecule has 3 heterocycles. The fourth-order valence-electron chi connectivity index (χ4n) is 5.50. The average Bonchev–Trinajstić information content (AvgIpc) is 3.35. The molecule has 9 atom stereocenters. The van der Waals surface area contributed by atoms with E-state index in [1.165, 1.54) is 6.07 Å². The van der Waals surface area contributed by atoms with E-state index in [1.807, 2.05) is 0 Å². The van der Waals surface area contributed by atoms with E-state index in [4.69, 9.17) is 37.6 Å². The summed E-state index contributed by atoms with van der Waals surface area (Å²) >= 11 is 0. The van der Waals surface area contributed by atoms with Crippen molar-refractivity contribution in [2.75, 3.05) is 13.2 Å². The second kappa shape index (κ2) is 15.0. The van der Waals surface area contributed by atoms with E-state index < -0.39 is 132 Å². The molecule has 0 amide bonds. The number of aliphatic hydroxyl groups excluding tert-OH is 3. The third-order valence-corrected chi connectivity index (χ3v) is 7.80. The van der Waals surface area contributed by atoms with Gasteiger partial charge in [-0.25, -0.2) is 0 Å². The molecule has 0 unspecified atom stereocenters. The molecular weight excluding hydrogens is 688 g/mol. The number of hydrogen-bond donors (Lipinski definition) is 7. The number of esters is 3. The number of fused-ring (bicyclic) bond motifs is 1. The molecule has 7 N–H and O–H groups in total. The van der Waals surface area contributed by atoms with Crippen LogP contribution in [-0.4, -0.2) is 122 Å².